The van der Waals surface area contributed by atoms with E-state index in [0.29, 0.717) is 23.7 Å². The van der Waals surface area contributed by atoms with Crippen molar-refractivity contribution in [1.29, 1.82) is 0 Å². The minimum Gasteiger partial charge on any atom is -0.485 e. The number of hydrogen-bond donors (Lipinski definition) is 1. The van der Waals surface area contributed by atoms with Gasteiger partial charge in [0.05, 0.1) is 10.2 Å². The molecule has 1 amide bonds. The molecule has 1 aliphatic rings. The molecule has 0 saturated carbocycles. The monoisotopic (exact) mass is 356 g/mol. The van der Waals surface area contributed by atoms with Crippen LogP contribution in [0.4, 0.5) is 5.69 Å². The molecule has 1 aliphatic heterocycles. The number of thiazole rings is 1. The second-order valence-electron chi connectivity index (χ2n) is 5.65. The first kappa shape index (κ1) is 15.7. The lowest BCUT2D eigenvalue weighted by molar-refractivity contribution is -0.125. The number of amides is 1. The lowest BCUT2D eigenvalue weighted by Gasteiger charge is -2.25. The van der Waals surface area contributed by atoms with Crippen molar-refractivity contribution in [3.63, 3.8) is 0 Å². The summed E-state index contributed by atoms with van der Waals surface area (Å²) in [5, 5.41) is 2.83. The molecule has 7 heteroatoms. The maximum absolute atomic E-state index is 12.5. The number of para-hydroxylation sites is 2. The van der Waals surface area contributed by atoms with Crippen LogP contribution in [0.25, 0.3) is 10.2 Å². The zero-order valence-electron chi connectivity index (χ0n) is 13.5. The average molecular weight is 356 g/mol. The van der Waals surface area contributed by atoms with E-state index in [1.807, 2.05) is 31.2 Å². The van der Waals surface area contributed by atoms with E-state index in [1.54, 1.807) is 22.8 Å². The summed E-state index contributed by atoms with van der Waals surface area (Å²) in [6.45, 7) is 2.71. The highest BCUT2D eigenvalue weighted by Gasteiger charge is 2.27. The number of benzene rings is 2. The Morgan fingerprint density at radius 3 is 2.88 bits per heavy atom. The summed E-state index contributed by atoms with van der Waals surface area (Å²) in [7, 11) is 0. The summed E-state index contributed by atoms with van der Waals surface area (Å²) in [6.07, 6.45) is -0.718. The van der Waals surface area contributed by atoms with Crippen LogP contribution in [-0.2, 0) is 11.3 Å². The van der Waals surface area contributed by atoms with Crippen LogP contribution in [0.2, 0.25) is 0 Å². The number of aromatic nitrogens is 1. The standard InChI is InChI=1S/C18H16N2O4S/c1-2-20-12-8-7-11(9-16(12)25-18(20)22)19-17(21)15-10-23-13-5-3-4-6-14(13)24-15/h3-9,15H,2,10H2,1H3,(H,19,21)/t15-/m1/s1. The first-order valence-corrected chi connectivity index (χ1v) is 8.80. The number of anilines is 1. The van der Waals surface area contributed by atoms with Crippen LogP contribution in [0.5, 0.6) is 11.5 Å². The molecule has 4 rings (SSSR count). The van der Waals surface area contributed by atoms with Crippen molar-refractivity contribution in [2.45, 2.75) is 19.6 Å². The molecule has 0 radical (unpaired) electrons. The van der Waals surface area contributed by atoms with Crippen LogP contribution in [0.1, 0.15) is 6.92 Å². The predicted molar refractivity (Wildman–Crippen MR) is 96.7 cm³/mol. The third kappa shape index (κ3) is 2.87. The fraction of sp³-hybridized carbons (Fsp3) is 0.222. The third-order valence-corrected chi connectivity index (χ3v) is 4.99. The summed E-state index contributed by atoms with van der Waals surface area (Å²) in [5.74, 6) is 0.914. The van der Waals surface area contributed by atoms with Gasteiger partial charge in [-0.15, -0.1) is 0 Å². The van der Waals surface area contributed by atoms with E-state index < -0.39 is 6.10 Å². The Labute approximate surface area is 147 Å². The first-order valence-electron chi connectivity index (χ1n) is 7.98. The zero-order chi connectivity index (χ0) is 17.4. The van der Waals surface area contributed by atoms with Crippen LogP contribution < -0.4 is 19.7 Å². The number of nitrogens with one attached hydrogen (secondary N) is 1. The molecule has 0 unspecified atom stereocenters. The van der Waals surface area contributed by atoms with Crippen LogP contribution in [0.3, 0.4) is 0 Å². The molecule has 1 atom stereocenters. The predicted octanol–water partition coefficient (Wildman–Crippen LogP) is 2.86. The summed E-state index contributed by atoms with van der Waals surface area (Å²) < 4.78 is 13.8. The van der Waals surface area contributed by atoms with E-state index in [-0.39, 0.29) is 17.4 Å². The minimum absolute atomic E-state index is 0.00148. The van der Waals surface area contributed by atoms with Crippen molar-refractivity contribution >= 4 is 33.1 Å². The van der Waals surface area contributed by atoms with Gasteiger partial charge >= 0.3 is 4.87 Å². The molecule has 3 aromatic rings. The second-order valence-corrected chi connectivity index (χ2v) is 6.64. The number of aryl methyl sites for hydroxylation is 1. The maximum atomic E-state index is 12.5. The van der Waals surface area contributed by atoms with Gasteiger partial charge in [-0.25, -0.2) is 0 Å². The quantitative estimate of drug-likeness (QED) is 0.783. The Hall–Kier alpha value is -2.80. The number of nitrogens with zero attached hydrogens (tertiary/aromatic N) is 1. The number of fused-ring (bicyclic) bond motifs is 2. The molecule has 0 fully saturated rings. The molecule has 1 aromatic heterocycles. The van der Waals surface area contributed by atoms with Crippen molar-refractivity contribution in [2.75, 3.05) is 11.9 Å². The van der Waals surface area contributed by atoms with Gasteiger partial charge in [-0.1, -0.05) is 23.5 Å². The SMILES string of the molecule is CCn1c(=O)sc2cc(NC(=O)[C@H]3COc4ccccc4O3)ccc21. The summed E-state index contributed by atoms with van der Waals surface area (Å²) in [6, 6.07) is 12.7. The number of hydrogen-bond acceptors (Lipinski definition) is 5. The highest BCUT2D eigenvalue weighted by Crippen LogP contribution is 2.31. The maximum Gasteiger partial charge on any atom is 0.308 e. The first-order chi connectivity index (χ1) is 12.2. The Balaban J connectivity index is 1.53. The lowest BCUT2D eigenvalue weighted by Crippen LogP contribution is -2.40. The Morgan fingerprint density at radius 2 is 2.08 bits per heavy atom. The largest absolute Gasteiger partial charge is 0.485 e. The van der Waals surface area contributed by atoms with Gasteiger partial charge in [-0.2, -0.15) is 0 Å². The van der Waals surface area contributed by atoms with Crippen LogP contribution >= 0.6 is 11.3 Å². The van der Waals surface area contributed by atoms with E-state index in [1.165, 1.54) is 11.3 Å². The van der Waals surface area contributed by atoms with Gasteiger partial charge in [-0.3, -0.25) is 14.2 Å². The van der Waals surface area contributed by atoms with Crippen LogP contribution in [-0.4, -0.2) is 23.2 Å². The van der Waals surface area contributed by atoms with Gasteiger partial charge in [0.1, 0.15) is 6.61 Å². The molecule has 128 valence electrons. The van der Waals surface area contributed by atoms with Crippen molar-refractivity contribution in [1.82, 2.24) is 4.57 Å². The number of carbonyl (C=O) groups is 1. The second kappa shape index (κ2) is 6.25. The molecule has 1 N–H and O–H groups in total. The summed E-state index contributed by atoms with van der Waals surface area (Å²) >= 11 is 1.17. The molecular weight excluding hydrogens is 340 g/mol. The van der Waals surface area contributed by atoms with Crippen molar-refractivity contribution in [3.8, 4) is 11.5 Å². The fourth-order valence-corrected chi connectivity index (χ4v) is 3.81. The van der Waals surface area contributed by atoms with Crippen molar-refractivity contribution in [2.24, 2.45) is 0 Å². The Bertz CT molecular complexity index is 1010. The molecule has 0 aliphatic carbocycles. The van der Waals surface area contributed by atoms with E-state index in [0.717, 1.165) is 10.2 Å². The van der Waals surface area contributed by atoms with Gasteiger partial charge in [0.2, 0.25) is 6.10 Å². The normalized spacial score (nSPS) is 16.0. The summed E-state index contributed by atoms with van der Waals surface area (Å²) in [4.78, 5) is 24.4. The average Bonchev–Trinajstić information content (AvgIpc) is 2.95. The van der Waals surface area contributed by atoms with E-state index in [9.17, 15) is 9.59 Å². The Kier molecular flexibility index (Phi) is 3.93. The van der Waals surface area contributed by atoms with Gasteiger partial charge in [0, 0.05) is 12.2 Å². The number of rotatable bonds is 3. The van der Waals surface area contributed by atoms with E-state index >= 15 is 0 Å². The Morgan fingerprint density at radius 1 is 1.28 bits per heavy atom. The molecule has 0 spiro atoms. The molecule has 25 heavy (non-hydrogen) atoms. The van der Waals surface area contributed by atoms with E-state index in [2.05, 4.69) is 5.32 Å². The topological polar surface area (TPSA) is 69.6 Å². The fourth-order valence-electron chi connectivity index (χ4n) is 2.82. The molecular formula is C18H16N2O4S. The van der Waals surface area contributed by atoms with Gasteiger partial charge in [-0.05, 0) is 37.3 Å². The highest BCUT2D eigenvalue weighted by atomic mass is 32.1. The van der Waals surface area contributed by atoms with Crippen LogP contribution in [0, 0.1) is 0 Å². The minimum atomic E-state index is -0.718. The molecule has 6 nitrogen and oxygen atoms in total. The molecule has 0 bridgehead atoms. The molecule has 2 heterocycles. The van der Waals surface area contributed by atoms with Gasteiger partial charge in [0.25, 0.3) is 5.91 Å². The van der Waals surface area contributed by atoms with Crippen LogP contribution in [0.15, 0.2) is 47.3 Å². The van der Waals surface area contributed by atoms with Crippen molar-refractivity contribution < 1.29 is 14.3 Å². The zero-order valence-corrected chi connectivity index (χ0v) is 14.3. The number of carbonyl (C=O) groups excluding carboxylic acids is 1. The molecule has 2 aromatic carbocycles. The van der Waals surface area contributed by atoms with Gasteiger partial charge < -0.3 is 14.8 Å². The van der Waals surface area contributed by atoms with E-state index in [4.69, 9.17) is 9.47 Å². The van der Waals surface area contributed by atoms with Gasteiger partial charge in [0.15, 0.2) is 11.5 Å². The smallest absolute Gasteiger partial charge is 0.308 e. The molecule has 0 saturated heterocycles. The third-order valence-electron chi connectivity index (χ3n) is 4.05. The highest BCUT2D eigenvalue weighted by molar-refractivity contribution is 7.16. The van der Waals surface area contributed by atoms with Crippen molar-refractivity contribution in [3.05, 3.63) is 52.1 Å². The number of ether oxygens (including phenoxy) is 2. The summed E-state index contributed by atoms with van der Waals surface area (Å²) in [5.41, 5.74) is 1.51. The lowest BCUT2D eigenvalue weighted by atomic mass is 10.2.